The third-order valence-corrected chi connectivity index (χ3v) is 4.05. The van der Waals surface area contributed by atoms with E-state index in [0.717, 1.165) is 19.5 Å². The summed E-state index contributed by atoms with van der Waals surface area (Å²) in [6.45, 7) is 5.95. The molecule has 1 fully saturated rings. The van der Waals surface area contributed by atoms with Crippen molar-refractivity contribution in [3.05, 3.63) is 29.3 Å². The van der Waals surface area contributed by atoms with Crippen LogP contribution in [-0.2, 0) is 15.9 Å². The van der Waals surface area contributed by atoms with E-state index in [2.05, 4.69) is 30.0 Å². The lowest BCUT2D eigenvalue weighted by Gasteiger charge is -2.20. The monoisotopic (exact) mass is 278 g/mol. The van der Waals surface area contributed by atoms with Gasteiger partial charge in [0, 0.05) is 39.0 Å². The Morgan fingerprint density at radius 2 is 1.85 bits per heavy atom. The molecular formula is C16H26N2O2. The summed E-state index contributed by atoms with van der Waals surface area (Å²) in [6.07, 6.45) is 1.21. The van der Waals surface area contributed by atoms with E-state index in [9.17, 15) is 0 Å². The number of benzene rings is 1. The van der Waals surface area contributed by atoms with E-state index in [1.165, 1.54) is 16.8 Å². The Morgan fingerprint density at radius 3 is 2.30 bits per heavy atom. The fourth-order valence-corrected chi connectivity index (χ4v) is 2.86. The second-order valence-corrected chi connectivity index (χ2v) is 5.75. The van der Waals surface area contributed by atoms with Gasteiger partial charge in [0.1, 0.15) is 12.2 Å². The van der Waals surface area contributed by atoms with Gasteiger partial charge in [-0.25, -0.2) is 0 Å². The largest absolute Gasteiger partial charge is 0.377 e. The van der Waals surface area contributed by atoms with Crippen LogP contribution in [0.5, 0.6) is 0 Å². The smallest absolute Gasteiger partial charge is 0.102 e. The minimum absolute atomic E-state index is 0.143. The highest BCUT2D eigenvalue weighted by Crippen LogP contribution is 2.25. The predicted molar refractivity (Wildman–Crippen MR) is 82.3 cm³/mol. The van der Waals surface area contributed by atoms with Crippen LogP contribution in [0.1, 0.15) is 18.1 Å². The Balaban J connectivity index is 2.12. The summed E-state index contributed by atoms with van der Waals surface area (Å²) in [4.78, 5) is 2.32. The zero-order chi connectivity index (χ0) is 14.7. The first kappa shape index (κ1) is 15.3. The fraction of sp³-hybridized carbons (Fsp3) is 0.625. The Bertz CT molecular complexity index is 436. The van der Waals surface area contributed by atoms with Crippen LogP contribution in [0, 0.1) is 6.92 Å². The third kappa shape index (κ3) is 3.32. The first-order valence-electron chi connectivity index (χ1n) is 7.20. The molecule has 2 N–H and O–H groups in total. The second kappa shape index (κ2) is 6.57. The lowest BCUT2D eigenvalue weighted by molar-refractivity contribution is -0.00461. The van der Waals surface area contributed by atoms with Crippen LogP contribution in [0.2, 0.25) is 0 Å². The molecule has 2 rings (SSSR count). The van der Waals surface area contributed by atoms with Gasteiger partial charge in [0.2, 0.25) is 0 Å². The zero-order valence-corrected chi connectivity index (χ0v) is 12.9. The number of ether oxygens (including phenoxy) is 2. The van der Waals surface area contributed by atoms with Crippen molar-refractivity contribution in [2.75, 3.05) is 32.2 Å². The Labute approximate surface area is 121 Å². The van der Waals surface area contributed by atoms with Gasteiger partial charge in [-0.05, 0) is 43.5 Å². The summed E-state index contributed by atoms with van der Waals surface area (Å²) >= 11 is 0. The standard InChI is InChI=1S/C16H26N2O2/c1-11-7-14(6-5-13(11)8-12(2)17)18-9-15(19-3)16(10-18)20-4/h5-7,12,15-16H,8-10,17H2,1-4H3. The number of rotatable bonds is 5. The minimum Gasteiger partial charge on any atom is -0.377 e. The van der Waals surface area contributed by atoms with E-state index in [1.54, 1.807) is 14.2 Å². The van der Waals surface area contributed by atoms with E-state index in [0.29, 0.717) is 0 Å². The molecule has 0 saturated carbocycles. The highest BCUT2D eigenvalue weighted by atomic mass is 16.5. The van der Waals surface area contributed by atoms with E-state index in [-0.39, 0.29) is 18.2 Å². The van der Waals surface area contributed by atoms with E-state index < -0.39 is 0 Å². The summed E-state index contributed by atoms with van der Waals surface area (Å²) in [5, 5.41) is 0. The van der Waals surface area contributed by atoms with Crippen LogP contribution in [0.15, 0.2) is 18.2 Å². The zero-order valence-electron chi connectivity index (χ0n) is 12.9. The molecule has 1 aromatic carbocycles. The molecule has 1 aromatic rings. The van der Waals surface area contributed by atoms with Crippen LogP contribution in [-0.4, -0.2) is 45.6 Å². The van der Waals surface area contributed by atoms with E-state index >= 15 is 0 Å². The van der Waals surface area contributed by atoms with Gasteiger partial charge in [-0.1, -0.05) is 6.07 Å². The Hall–Kier alpha value is -1.10. The van der Waals surface area contributed by atoms with Gasteiger partial charge >= 0.3 is 0 Å². The van der Waals surface area contributed by atoms with Crippen LogP contribution in [0.3, 0.4) is 0 Å². The van der Waals surface area contributed by atoms with E-state index in [1.807, 2.05) is 6.92 Å². The molecule has 3 atom stereocenters. The molecule has 4 heteroatoms. The average molecular weight is 278 g/mol. The third-order valence-electron chi connectivity index (χ3n) is 4.05. The molecule has 0 amide bonds. The molecule has 0 radical (unpaired) electrons. The maximum atomic E-state index is 5.88. The Kier molecular flexibility index (Phi) is 5.02. The number of hydrogen-bond donors (Lipinski definition) is 1. The van der Waals surface area contributed by atoms with Crippen molar-refractivity contribution in [1.82, 2.24) is 0 Å². The van der Waals surface area contributed by atoms with Crippen molar-refractivity contribution >= 4 is 5.69 Å². The summed E-state index contributed by atoms with van der Waals surface area (Å²) in [7, 11) is 3.49. The molecular weight excluding hydrogens is 252 g/mol. The average Bonchev–Trinajstić information content (AvgIpc) is 2.83. The molecule has 0 aliphatic carbocycles. The Morgan fingerprint density at radius 1 is 1.25 bits per heavy atom. The van der Waals surface area contributed by atoms with Crippen molar-refractivity contribution in [3.63, 3.8) is 0 Å². The van der Waals surface area contributed by atoms with Crippen molar-refractivity contribution in [3.8, 4) is 0 Å². The number of methoxy groups -OCH3 is 2. The normalized spacial score (nSPS) is 24.1. The SMILES string of the molecule is COC1CN(c2ccc(CC(C)N)c(C)c2)CC1OC. The van der Waals surface area contributed by atoms with Crippen molar-refractivity contribution in [2.45, 2.75) is 38.5 Å². The number of hydrogen-bond acceptors (Lipinski definition) is 4. The lowest BCUT2D eigenvalue weighted by atomic mass is 10.0. The summed E-state index contributed by atoms with van der Waals surface area (Å²) < 4.78 is 11.0. The minimum atomic E-state index is 0.143. The first-order valence-corrected chi connectivity index (χ1v) is 7.20. The molecule has 1 aliphatic heterocycles. The molecule has 0 aromatic heterocycles. The molecule has 20 heavy (non-hydrogen) atoms. The van der Waals surface area contributed by atoms with Gasteiger partial charge < -0.3 is 20.1 Å². The van der Waals surface area contributed by atoms with Crippen molar-refractivity contribution in [2.24, 2.45) is 5.73 Å². The maximum Gasteiger partial charge on any atom is 0.102 e. The molecule has 1 heterocycles. The first-order chi connectivity index (χ1) is 9.55. The van der Waals surface area contributed by atoms with Crippen molar-refractivity contribution < 1.29 is 9.47 Å². The number of aryl methyl sites for hydroxylation is 1. The number of nitrogens with zero attached hydrogens (tertiary/aromatic N) is 1. The van der Waals surface area contributed by atoms with Gasteiger partial charge in [0.15, 0.2) is 0 Å². The van der Waals surface area contributed by atoms with Crippen LogP contribution in [0.4, 0.5) is 5.69 Å². The van der Waals surface area contributed by atoms with Gasteiger partial charge in [0.25, 0.3) is 0 Å². The molecule has 112 valence electrons. The topological polar surface area (TPSA) is 47.7 Å². The highest BCUT2D eigenvalue weighted by Gasteiger charge is 2.33. The van der Waals surface area contributed by atoms with Crippen molar-refractivity contribution in [1.29, 1.82) is 0 Å². The fourth-order valence-electron chi connectivity index (χ4n) is 2.86. The number of nitrogens with two attached hydrogens (primary N) is 1. The molecule has 0 spiro atoms. The van der Waals surface area contributed by atoms with Crippen LogP contribution < -0.4 is 10.6 Å². The lowest BCUT2D eigenvalue weighted by Crippen LogP contribution is -2.27. The van der Waals surface area contributed by atoms with E-state index in [4.69, 9.17) is 15.2 Å². The molecule has 3 unspecified atom stereocenters. The summed E-state index contributed by atoms with van der Waals surface area (Å²) in [5.41, 5.74) is 9.75. The van der Waals surface area contributed by atoms with Gasteiger partial charge in [-0.15, -0.1) is 0 Å². The maximum absolute atomic E-state index is 5.88. The number of anilines is 1. The quantitative estimate of drug-likeness (QED) is 0.891. The van der Waals surface area contributed by atoms with Crippen LogP contribution in [0.25, 0.3) is 0 Å². The second-order valence-electron chi connectivity index (χ2n) is 5.75. The molecule has 0 bridgehead atoms. The van der Waals surface area contributed by atoms with Crippen LogP contribution >= 0.6 is 0 Å². The van der Waals surface area contributed by atoms with Gasteiger partial charge in [0.05, 0.1) is 0 Å². The molecule has 1 saturated heterocycles. The molecule has 1 aliphatic rings. The predicted octanol–water partition coefficient (Wildman–Crippen LogP) is 1.73. The molecule has 4 nitrogen and oxygen atoms in total. The van der Waals surface area contributed by atoms with Gasteiger partial charge in [-0.3, -0.25) is 0 Å². The highest BCUT2D eigenvalue weighted by molar-refractivity contribution is 5.52. The summed E-state index contributed by atoms with van der Waals surface area (Å²) in [6, 6.07) is 6.80. The summed E-state index contributed by atoms with van der Waals surface area (Å²) in [5.74, 6) is 0. The van der Waals surface area contributed by atoms with Gasteiger partial charge in [-0.2, -0.15) is 0 Å².